The Balaban J connectivity index is 3.81. The number of hydrogen-bond donors (Lipinski definition) is 0. The van der Waals surface area contributed by atoms with Gasteiger partial charge in [-0.1, -0.05) is 0 Å². The summed E-state index contributed by atoms with van der Waals surface area (Å²) in [5, 5.41) is 0. The lowest BCUT2D eigenvalue weighted by Gasteiger charge is -2.15. The summed E-state index contributed by atoms with van der Waals surface area (Å²) in [6.07, 6.45) is 0. The van der Waals surface area contributed by atoms with Gasteiger partial charge in [-0.25, -0.2) is 0 Å². The lowest BCUT2D eigenvalue weighted by molar-refractivity contribution is -0.0854. The van der Waals surface area contributed by atoms with Crippen LogP contribution in [-0.4, -0.2) is 25.9 Å². The summed E-state index contributed by atoms with van der Waals surface area (Å²) >= 11 is 0. The fourth-order valence-corrected chi connectivity index (χ4v) is 1.72. The molecule has 4 nitrogen and oxygen atoms in total. The molecule has 12 heavy (non-hydrogen) atoms. The maximum absolute atomic E-state index is 11.2. The van der Waals surface area contributed by atoms with Crippen molar-refractivity contribution in [3.8, 4) is 0 Å². The molecule has 1 atom stereocenters. The van der Waals surface area contributed by atoms with Crippen LogP contribution in [0.4, 0.5) is 0 Å². The van der Waals surface area contributed by atoms with E-state index >= 15 is 0 Å². The van der Waals surface area contributed by atoms with Gasteiger partial charge in [-0.3, -0.25) is 4.57 Å². The lowest BCUT2D eigenvalue weighted by atomic mass is 10.9. The monoisotopic (exact) mass is 196 g/mol. The van der Waals surface area contributed by atoms with Crippen LogP contribution in [0.1, 0.15) is 20.8 Å². The standard InChI is InChI=1S/C7H17O4P/c1-4-9-7(10-5-2)12(8)11-6-3/h7,12H,4-6H2,1-3H3. The third kappa shape index (κ3) is 4.88. The molecule has 74 valence electrons. The van der Waals surface area contributed by atoms with Gasteiger partial charge < -0.3 is 14.0 Å². The third-order valence-corrected chi connectivity index (χ3v) is 2.41. The molecule has 0 saturated heterocycles. The van der Waals surface area contributed by atoms with E-state index in [1.165, 1.54) is 0 Å². The Bertz CT molecular complexity index is 123. The second kappa shape index (κ2) is 7.74. The van der Waals surface area contributed by atoms with E-state index in [1.807, 2.05) is 13.8 Å². The summed E-state index contributed by atoms with van der Waals surface area (Å²) in [4.78, 5) is 0. The van der Waals surface area contributed by atoms with Gasteiger partial charge in [-0.15, -0.1) is 0 Å². The van der Waals surface area contributed by atoms with Crippen LogP contribution in [0.3, 0.4) is 0 Å². The van der Waals surface area contributed by atoms with Crippen LogP contribution in [0.2, 0.25) is 0 Å². The molecule has 0 radical (unpaired) electrons. The van der Waals surface area contributed by atoms with Crippen molar-refractivity contribution in [3.63, 3.8) is 0 Å². The second-order valence-corrected chi connectivity index (χ2v) is 3.39. The first-order valence-electron chi connectivity index (χ1n) is 4.16. The van der Waals surface area contributed by atoms with E-state index in [2.05, 4.69) is 0 Å². The molecular formula is C7H17O4P. The van der Waals surface area contributed by atoms with Crippen LogP contribution < -0.4 is 0 Å². The van der Waals surface area contributed by atoms with Gasteiger partial charge in [0, 0.05) is 13.2 Å². The van der Waals surface area contributed by atoms with E-state index in [1.54, 1.807) is 6.92 Å². The molecular weight excluding hydrogens is 179 g/mol. The minimum Gasteiger partial charge on any atom is -0.345 e. The molecule has 0 fully saturated rings. The highest BCUT2D eigenvalue weighted by atomic mass is 31.1. The first-order valence-corrected chi connectivity index (χ1v) is 5.55. The molecule has 1 unspecified atom stereocenters. The highest BCUT2D eigenvalue weighted by molar-refractivity contribution is 7.39. The minimum atomic E-state index is -2.20. The molecule has 0 amide bonds. The Kier molecular flexibility index (Phi) is 7.81. The van der Waals surface area contributed by atoms with Crippen molar-refractivity contribution in [2.24, 2.45) is 0 Å². The Morgan fingerprint density at radius 2 is 1.58 bits per heavy atom. The largest absolute Gasteiger partial charge is 0.345 e. The van der Waals surface area contributed by atoms with Crippen LogP contribution in [-0.2, 0) is 18.6 Å². The zero-order chi connectivity index (χ0) is 9.40. The highest BCUT2D eigenvalue weighted by Gasteiger charge is 2.16. The molecule has 0 spiro atoms. The molecule has 0 heterocycles. The van der Waals surface area contributed by atoms with Crippen LogP contribution in [0.25, 0.3) is 0 Å². The van der Waals surface area contributed by atoms with Gasteiger partial charge in [0.2, 0.25) is 14.1 Å². The van der Waals surface area contributed by atoms with Crippen LogP contribution in [0.15, 0.2) is 0 Å². The van der Waals surface area contributed by atoms with Gasteiger partial charge in [0.1, 0.15) is 0 Å². The van der Waals surface area contributed by atoms with Gasteiger partial charge in [-0.05, 0) is 20.8 Å². The number of ether oxygens (including phenoxy) is 2. The van der Waals surface area contributed by atoms with E-state index in [-0.39, 0.29) is 0 Å². The summed E-state index contributed by atoms with van der Waals surface area (Å²) in [7, 11) is -2.20. The smallest absolute Gasteiger partial charge is 0.246 e. The zero-order valence-electron chi connectivity index (χ0n) is 7.83. The van der Waals surface area contributed by atoms with Crippen LogP contribution in [0, 0.1) is 0 Å². The second-order valence-electron chi connectivity index (χ2n) is 1.99. The van der Waals surface area contributed by atoms with E-state index in [4.69, 9.17) is 14.0 Å². The van der Waals surface area contributed by atoms with Gasteiger partial charge in [0.05, 0.1) is 6.61 Å². The van der Waals surface area contributed by atoms with E-state index in [0.29, 0.717) is 19.8 Å². The SMILES string of the molecule is CCOC(OCC)[PH](=O)OCC. The summed E-state index contributed by atoms with van der Waals surface area (Å²) in [5.74, 6) is 0. The molecule has 5 heteroatoms. The van der Waals surface area contributed by atoms with Gasteiger partial charge in [-0.2, -0.15) is 0 Å². The normalized spacial score (nSPS) is 13.7. The van der Waals surface area contributed by atoms with Crippen LogP contribution in [0.5, 0.6) is 0 Å². The van der Waals surface area contributed by atoms with Crippen molar-refractivity contribution >= 4 is 8.03 Å². The molecule has 0 aromatic heterocycles. The first-order chi connectivity index (χ1) is 5.76. The van der Waals surface area contributed by atoms with Crippen molar-refractivity contribution in [1.82, 2.24) is 0 Å². The molecule has 0 saturated carbocycles. The topological polar surface area (TPSA) is 44.8 Å². The minimum absolute atomic E-state index is 0.425. The highest BCUT2D eigenvalue weighted by Crippen LogP contribution is 2.30. The average Bonchev–Trinajstić information content (AvgIpc) is 2.04. The first kappa shape index (κ1) is 12.1. The lowest BCUT2D eigenvalue weighted by Crippen LogP contribution is -2.13. The molecule has 0 aliphatic carbocycles. The van der Waals surface area contributed by atoms with E-state index < -0.39 is 14.1 Å². The Morgan fingerprint density at radius 3 is 1.92 bits per heavy atom. The Morgan fingerprint density at radius 1 is 1.08 bits per heavy atom. The average molecular weight is 196 g/mol. The van der Waals surface area contributed by atoms with Gasteiger partial charge in [0.15, 0.2) is 0 Å². The summed E-state index contributed by atoms with van der Waals surface area (Å²) in [6, 6.07) is -0.676. The molecule has 0 aromatic carbocycles. The molecule has 0 rings (SSSR count). The number of rotatable bonds is 7. The summed E-state index contributed by atoms with van der Waals surface area (Å²) < 4.78 is 26.3. The van der Waals surface area contributed by atoms with Gasteiger partial charge in [0.25, 0.3) is 0 Å². The Labute approximate surface area is 74.1 Å². The molecule has 0 N–H and O–H groups in total. The Hall–Kier alpha value is 0.110. The molecule has 0 aliphatic rings. The molecule has 0 bridgehead atoms. The van der Waals surface area contributed by atoms with Crippen molar-refractivity contribution in [2.75, 3.05) is 19.8 Å². The van der Waals surface area contributed by atoms with Gasteiger partial charge >= 0.3 is 0 Å². The predicted molar refractivity (Wildman–Crippen MR) is 47.7 cm³/mol. The zero-order valence-corrected chi connectivity index (χ0v) is 8.83. The molecule has 0 aromatic rings. The fraction of sp³-hybridized carbons (Fsp3) is 1.00. The fourth-order valence-electron chi connectivity index (χ4n) is 0.697. The van der Waals surface area contributed by atoms with Crippen molar-refractivity contribution in [1.29, 1.82) is 0 Å². The summed E-state index contributed by atoms with van der Waals surface area (Å²) in [6.45, 7) is 6.83. The maximum Gasteiger partial charge on any atom is 0.246 e. The van der Waals surface area contributed by atoms with Crippen LogP contribution >= 0.6 is 8.03 Å². The van der Waals surface area contributed by atoms with Crippen molar-refractivity contribution in [3.05, 3.63) is 0 Å². The number of hydrogen-bond acceptors (Lipinski definition) is 4. The predicted octanol–water partition coefficient (Wildman–Crippen LogP) is 1.85. The maximum atomic E-state index is 11.2. The van der Waals surface area contributed by atoms with Crippen molar-refractivity contribution in [2.45, 2.75) is 26.8 Å². The van der Waals surface area contributed by atoms with E-state index in [0.717, 1.165) is 0 Å². The van der Waals surface area contributed by atoms with E-state index in [9.17, 15) is 4.57 Å². The molecule has 0 aliphatic heterocycles. The van der Waals surface area contributed by atoms with Crippen molar-refractivity contribution < 1.29 is 18.6 Å². The summed E-state index contributed by atoms with van der Waals surface area (Å²) in [5.41, 5.74) is 0. The third-order valence-electron chi connectivity index (χ3n) is 1.12. The quantitative estimate of drug-likeness (QED) is 0.460.